The number of halogens is 1. The lowest BCUT2D eigenvalue weighted by molar-refractivity contribution is 0.459. The van der Waals surface area contributed by atoms with Gasteiger partial charge >= 0.3 is 0 Å². The molecule has 0 aliphatic rings. The summed E-state index contributed by atoms with van der Waals surface area (Å²) in [4.78, 5) is 1.31. The number of rotatable bonds is 6. The van der Waals surface area contributed by atoms with Gasteiger partial charge in [0.2, 0.25) is 0 Å². The smallest absolute Gasteiger partial charge is 0.0553 e. The molecule has 0 saturated carbocycles. The second kappa shape index (κ2) is 6.63. The average molecular weight is 291 g/mol. The Kier molecular flexibility index (Phi) is 5.82. The van der Waals surface area contributed by atoms with E-state index in [0.717, 1.165) is 16.8 Å². The molecule has 15 heavy (non-hydrogen) atoms. The van der Waals surface area contributed by atoms with Crippen molar-refractivity contribution >= 4 is 27.3 Å². The van der Waals surface area contributed by atoms with Gasteiger partial charge in [0.25, 0.3) is 0 Å². The fourth-order valence-electron chi connectivity index (χ4n) is 1.55. The molecule has 0 amide bonds. The van der Waals surface area contributed by atoms with Crippen molar-refractivity contribution in [2.45, 2.75) is 39.2 Å². The molecule has 0 aromatic carbocycles. The fourth-order valence-corrected chi connectivity index (χ4v) is 3.09. The van der Waals surface area contributed by atoms with Crippen molar-refractivity contribution < 1.29 is 0 Å². The SMILES string of the molecule is CC(C)CCCC(NN)c1cc(Br)cs1. The van der Waals surface area contributed by atoms with Crippen molar-refractivity contribution in [2.75, 3.05) is 0 Å². The molecule has 4 heteroatoms. The normalized spacial score (nSPS) is 13.4. The number of thiophene rings is 1. The first-order chi connectivity index (χ1) is 7.13. The van der Waals surface area contributed by atoms with Crippen LogP contribution in [0.3, 0.4) is 0 Å². The molecule has 0 saturated heterocycles. The molecule has 1 aromatic heterocycles. The third-order valence-electron chi connectivity index (χ3n) is 2.41. The molecule has 0 fully saturated rings. The molecule has 3 N–H and O–H groups in total. The van der Waals surface area contributed by atoms with Gasteiger partial charge < -0.3 is 0 Å². The van der Waals surface area contributed by atoms with Crippen LogP contribution in [-0.4, -0.2) is 0 Å². The Morgan fingerprint density at radius 1 is 1.47 bits per heavy atom. The maximum absolute atomic E-state index is 5.57. The first-order valence-corrected chi connectivity index (χ1v) is 7.00. The lowest BCUT2D eigenvalue weighted by Gasteiger charge is -2.14. The summed E-state index contributed by atoms with van der Waals surface area (Å²) in [5, 5.41) is 2.10. The minimum atomic E-state index is 0.306. The highest BCUT2D eigenvalue weighted by Crippen LogP contribution is 2.28. The first kappa shape index (κ1) is 13.2. The summed E-state index contributed by atoms with van der Waals surface area (Å²) in [5.41, 5.74) is 2.89. The summed E-state index contributed by atoms with van der Waals surface area (Å²) in [5.74, 6) is 6.35. The summed E-state index contributed by atoms with van der Waals surface area (Å²) in [6.45, 7) is 4.51. The maximum Gasteiger partial charge on any atom is 0.0553 e. The van der Waals surface area contributed by atoms with Gasteiger partial charge in [0.05, 0.1) is 6.04 Å². The van der Waals surface area contributed by atoms with Crippen molar-refractivity contribution in [1.82, 2.24) is 5.43 Å². The van der Waals surface area contributed by atoms with E-state index in [1.807, 2.05) is 0 Å². The lowest BCUT2D eigenvalue weighted by atomic mass is 10.0. The van der Waals surface area contributed by atoms with Crippen molar-refractivity contribution in [1.29, 1.82) is 0 Å². The zero-order valence-electron chi connectivity index (χ0n) is 9.29. The third kappa shape index (κ3) is 4.64. The van der Waals surface area contributed by atoms with Crippen molar-refractivity contribution in [3.63, 3.8) is 0 Å². The summed E-state index contributed by atoms with van der Waals surface area (Å²) in [6.07, 6.45) is 3.61. The van der Waals surface area contributed by atoms with E-state index in [9.17, 15) is 0 Å². The Labute approximate surface area is 104 Å². The maximum atomic E-state index is 5.57. The van der Waals surface area contributed by atoms with E-state index in [1.165, 1.54) is 17.7 Å². The Bertz CT molecular complexity index is 286. The molecule has 2 nitrogen and oxygen atoms in total. The Hall–Kier alpha value is 0.1000. The lowest BCUT2D eigenvalue weighted by Crippen LogP contribution is -2.27. The zero-order valence-corrected chi connectivity index (χ0v) is 11.7. The Morgan fingerprint density at radius 2 is 2.20 bits per heavy atom. The Balaban J connectivity index is 2.42. The van der Waals surface area contributed by atoms with E-state index in [0.29, 0.717) is 6.04 Å². The number of hydrogen-bond donors (Lipinski definition) is 2. The molecule has 86 valence electrons. The van der Waals surface area contributed by atoms with Gasteiger partial charge in [-0.3, -0.25) is 11.3 Å². The minimum Gasteiger partial charge on any atom is -0.271 e. The van der Waals surface area contributed by atoms with Crippen LogP contribution in [0.2, 0.25) is 0 Å². The topological polar surface area (TPSA) is 38.0 Å². The van der Waals surface area contributed by atoms with Gasteiger partial charge in [-0.1, -0.05) is 26.7 Å². The molecule has 1 rings (SSSR count). The van der Waals surface area contributed by atoms with Gasteiger partial charge in [-0.05, 0) is 34.3 Å². The van der Waals surface area contributed by atoms with Gasteiger partial charge in [0.1, 0.15) is 0 Å². The number of nitrogens with one attached hydrogen (secondary N) is 1. The van der Waals surface area contributed by atoms with Gasteiger partial charge in [0, 0.05) is 14.7 Å². The van der Waals surface area contributed by atoms with Gasteiger partial charge in [0.15, 0.2) is 0 Å². The second-order valence-corrected chi connectivity index (χ2v) is 6.07. The van der Waals surface area contributed by atoms with Crippen LogP contribution in [0.4, 0.5) is 0 Å². The predicted molar refractivity (Wildman–Crippen MR) is 70.8 cm³/mol. The van der Waals surface area contributed by atoms with E-state index in [1.54, 1.807) is 11.3 Å². The number of hydrazine groups is 1. The summed E-state index contributed by atoms with van der Waals surface area (Å²) < 4.78 is 1.15. The molecule has 0 spiro atoms. The molecule has 0 radical (unpaired) electrons. The standard InChI is InChI=1S/C11H19BrN2S/c1-8(2)4-3-5-10(14-13)11-6-9(12)7-15-11/h6-8,10,14H,3-5,13H2,1-2H3. The van der Waals surface area contributed by atoms with E-state index in [4.69, 9.17) is 5.84 Å². The van der Waals surface area contributed by atoms with E-state index >= 15 is 0 Å². The third-order valence-corrected chi connectivity index (χ3v) is 4.21. The van der Waals surface area contributed by atoms with E-state index in [2.05, 4.69) is 46.6 Å². The van der Waals surface area contributed by atoms with Crippen molar-refractivity contribution in [2.24, 2.45) is 11.8 Å². The summed E-state index contributed by atoms with van der Waals surface area (Å²) in [7, 11) is 0. The number of hydrogen-bond acceptors (Lipinski definition) is 3. The van der Waals surface area contributed by atoms with Crippen LogP contribution in [0.25, 0.3) is 0 Å². The zero-order chi connectivity index (χ0) is 11.3. The highest BCUT2D eigenvalue weighted by Gasteiger charge is 2.11. The van der Waals surface area contributed by atoms with Crippen molar-refractivity contribution in [3.05, 3.63) is 20.8 Å². The molecule has 0 aliphatic carbocycles. The highest BCUT2D eigenvalue weighted by atomic mass is 79.9. The minimum absolute atomic E-state index is 0.306. The van der Waals surface area contributed by atoms with Gasteiger partial charge in [-0.25, -0.2) is 0 Å². The molecule has 0 bridgehead atoms. The van der Waals surface area contributed by atoms with Crippen LogP contribution >= 0.6 is 27.3 Å². The molecule has 0 aliphatic heterocycles. The largest absolute Gasteiger partial charge is 0.271 e. The van der Waals surface area contributed by atoms with Crippen LogP contribution in [0.15, 0.2) is 15.9 Å². The first-order valence-electron chi connectivity index (χ1n) is 5.33. The van der Waals surface area contributed by atoms with Gasteiger partial charge in [-0.15, -0.1) is 11.3 Å². The summed E-state index contributed by atoms with van der Waals surface area (Å²) >= 11 is 5.21. The molecule has 1 atom stereocenters. The monoisotopic (exact) mass is 290 g/mol. The predicted octanol–water partition coefficient (Wildman–Crippen LogP) is 3.84. The molecular formula is C11H19BrN2S. The van der Waals surface area contributed by atoms with Crippen LogP contribution < -0.4 is 11.3 Å². The van der Waals surface area contributed by atoms with Gasteiger partial charge in [-0.2, -0.15) is 0 Å². The quantitative estimate of drug-likeness (QED) is 0.617. The van der Waals surface area contributed by atoms with Crippen LogP contribution in [-0.2, 0) is 0 Å². The summed E-state index contributed by atoms with van der Waals surface area (Å²) in [6, 6.07) is 2.45. The van der Waals surface area contributed by atoms with E-state index < -0.39 is 0 Å². The second-order valence-electron chi connectivity index (χ2n) is 4.21. The molecule has 1 aromatic rings. The Morgan fingerprint density at radius 3 is 2.67 bits per heavy atom. The molecule has 1 unspecified atom stereocenters. The fraction of sp³-hybridized carbons (Fsp3) is 0.636. The number of nitrogens with two attached hydrogens (primary N) is 1. The highest BCUT2D eigenvalue weighted by molar-refractivity contribution is 9.10. The van der Waals surface area contributed by atoms with Crippen LogP contribution in [0.5, 0.6) is 0 Å². The average Bonchev–Trinajstić information content (AvgIpc) is 2.59. The molecular weight excluding hydrogens is 272 g/mol. The van der Waals surface area contributed by atoms with E-state index in [-0.39, 0.29) is 0 Å². The van der Waals surface area contributed by atoms with Crippen LogP contribution in [0.1, 0.15) is 44.0 Å². The molecule has 1 heterocycles. The van der Waals surface area contributed by atoms with Crippen LogP contribution in [0, 0.1) is 5.92 Å². The van der Waals surface area contributed by atoms with Crippen molar-refractivity contribution in [3.8, 4) is 0 Å².